The molecule has 1 aromatic carbocycles. The summed E-state index contributed by atoms with van der Waals surface area (Å²) in [4.78, 5) is 12.0. The zero-order chi connectivity index (χ0) is 15.5. The number of nitrogens with one attached hydrogen (secondary N) is 1. The highest BCUT2D eigenvalue weighted by molar-refractivity contribution is 6.30. The predicted octanol–water partition coefficient (Wildman–Crippen LogP) is 4.12. The monoisotopic (exact) mass is 319 g/mol. The minimum Gasteiger partial charge on any atom is -0.355 e. The van der Waals surface area contributed by atoms with Gasteiger partial charge in [0.05, 0.1) is 0 Å². The zero-order valence-corrected chi connectivity index (χ0v) is 12.2. The molecule has 0 atom stereocenters. The lowest BCUT2D eigenvalue weighted by Gasteiger charge is -2.30. The lowest BCUT2D eigenvalue weighted by molar-refractivity contribution is -0.220. The maximum Gasteiger partial charge on any atom is 0.403 e. The van der Waals surface area contributed by atoms with Gasteiger partial charge in [-0.15, -0.1) is 0 Å². The topological polar surface area (TPSA) is 29.1 Å². The van der Waals surface area contributed by atoms with Gasteiger partial charge in [0.25, 0.3) is 0 Å². The van der Waals surface area contributed by atoms with Gasteiger partial charge in [0.15, 0.2) is 0 Å². The molecule has 21 heavy (non-hydrogen) atoms. The molecule has 1 fully saturated rings. The SMILES string of the molecule is O=C(NCCc1ccc(Cl)cc1)C1(C(F)(F)F)CCCC1. The van der Waals surface area contributed by atoms with E-state index < -0.39 is 17.5 Å². The van der Waals surface area contributed by atoms with Crippen LogP contribution in [0.3, 0.4) is 0 Å². The molecule has 0 spiro atoms. The lowest BCUT2D eigenvalue weighted by atomic mass is 9.84. The molecule has 1 aliphatic rings. The van der Waals surface area contributed by atoms with Gasteiger partial charge in [-0.3, -0.25) is 4.79 Å². The van der Waals surface area contributed by atoms with Crippen molar-refractivity contribution in [3.05, 3.63) is 34.9 Å². The summed E-state index contributed by atoms with van der Waals surface area (Å²) in [5.41, 5.74) is -1.26. The minimum absolute atomic E-state index is 0.108. The van der Waals surface area contributed by atoms with Gasteiger partial charge in [-0.25, -0.2) is 0 Å². The second-order valence-corrected chi connectivity index (χ2v) is 5.86. The van der Waals surface area contributed by atoms with Gasteiger partial charge in [-0.05, 0) is 37.0 Å². The van der Waals surface area contributed by atoms with Crippen LogP contribution in [0.5, 0.6) is 0 Å². The van der Waals surface area contributed by atoms with Crippen molar-refractivity contribution in [3.63, 3.8) is 0 Å². The summed E-state index contributed by atoms with van der Waals surface area (Å²) >= 11 is 5.76. The lowest BCUT2D eigenvalue weighted by Crippen LogP contribution is -2.49. The van der Waals surface area contributed by atoms with Crippen molar-refractivity contribution in [1.29, 1.82) is 0 Å². The molecular formula is C15H17ClF3NO. The number of benzene rings is 1. The molecule has 116 valence electrons. The Kier molecular flexibility index (Phi) is 4.81. The highest BCUT2D eigenvalue weighted by Crippen LogP contribution is 2.50. The fourth-order valence-corrected chi connectivity index (χ4v) is 2.88. The van der Waals surface area contributed by atoms with Gasteiger partial charge in [0.2, 0.25) is 5.91 Å². The van der Waals surface area contributed by atoms with Gasteiger partial charge in [0, 0.05) is 11.6 Å². The van der Waals surface area contributed by atoms with Crippen molar-refractivity contribution in [2.75, 3.05) is 6.54 Å². The van der Waals surface area contributed by atoms with Gasteiger partial charge >= 0.3 is 6.18 Å². The van der Waals surface area contributed by atoms with Crippen LogP contribution in [-0.2, 0) is 11.2 Å². The molecule has 0 saturated heterocycles. The number of hydrogen-bond donors (Lipinski definition) is 1. The van der Waals surface area contributed by atoms with E-state index in [0.717, 1.165) is 5.56 Å². The van der Waals surface area contributed by atoms with E-state index in [-0.39, 0.29) is 19.4 Å². The predicted molar refractivity (Wildman–Crippen MR) is 75.1 cm³/mol. The number of rotatable bonds is 4. The highest BCUT2D eigenvalue weighted by atomic mass is 35.5. The Morgan fingerprint density at radius 2 is 1.76 bits per heavy atom. The van der Waals surface area contributed by atoms with Crippen LogP contribution in [0.1, 0.15) is 31.2 Å². The van der Waals surface area contributed by atoms with E-state index in [1.165, 1.54) is 0 Å². The number of hydrogen-bond acceptors (Lipinski definition) is 1. The Morgan fingerprint density at radius 1 is 1.19 bits per heavy atom. The number of alkyl halides is 3. The summed E-state index contributed by atoms with van der Waals surface area (Å²) < 4.78 is 39.6. The van der Waals surface area contributed by atoms with Crippen LogP contribution in [0.15, 0.2) is 24.3 Å². The Balaban J connectivity index is 1.93. The van der Waals surface area contributed by atoms with Crippen molar-refractivity contribution in [1.82, 2.24) is 5.32 Å². The smallest absolute Gasteiger partial charge is 0.355 e. The average Bonchev–Trinajstić information content (AvgIpc) is 2.91. The second-order valence-electron chi connectivity index (χ2n) is 5.42. The van der Waals surface area contributed by atoms with Crippen LogP contribution < -0.4 is 5.32 Å². The van der Waals surface area contributed by atoms with E-state index in [4.69, 9.17) is 11.6 Å². The van der Waals surface area contributed by atoms with E-state index >= 15 is 0 Å². The van der Waals surface area contributed by atoms with E-state index in [2.05, 4.69) is 5.32 Å². The molecule has 1 N–H and O–H groups in total. The van der Waals surface area contributed by atoms with Crippen LogP contribution in [-0.4, -0.2) is 18.6 Å². The highest BCUT2D eigenvalue weighted by Gasteiger charge is 2.60. The van der Waals surface area contributed by atoms with E-state index in [0.29, 0.717) is 24.3 Å². The van der Waals surface area contributed by atoms with Crippen LogP contribution in [0.2, 0.25) is 5.02 Å². The minimum atomic E-state index is -4.48. The van der Waals surface area contributed by atoms with Crippen molar-refractivity contribution in [3.8, 4) is 0 Å². The molecule has 0 bridgehead atoms. The molecule has 0 heterocycles. The van der Waals surface area contributed by atoms with E-state index in [1.807, 2.05) is 0 Å². The first-order valence-corrected chi connectivity index (χ1v) is 7.32. The zero-order valence-electron chi connectivity index (χ0n) is 11.5. The fraction of sp³-hybridized carbons (Fsp3) is 0.533. The largest absolute Gasteiger partial charge is 0.403 e. The van der Waals surface area contributed by atoms with Crippen molar-refractivity contribution in [2.24, 2.45) is 5.41 Å². The number of amides is 1. The number of carbonyl (C=O) groups is 1. The van der Waals surface area contributed by atoms with Crippen molar-refractivity contribution >= 4 is 17.5 Å². The molecule has 1 saturated carbocycles. The quantitative estimate of drug-likeness (QED) is 0.888. The van der Waals surface area contributed by atoms with Crippen molar-refractivity contribution < 1.29 is 18.0 Å². The maximum atomic E-state index is 13.2. The van der Waals surface area contributed by atoms with Gasteiger partial charge in [-0.2, -0.15) is 13.2 Å². The molecule has 1 aliphatic carbocycles. The van der Waals surface area contributed by atoms with E-state index in [9.17, 15) is 18.0 Å². The molecule has 0 unspecified atom stereocenters. The molecular weight excluding hydrogens is 303 g/mol. The first kappa shape index (κ1) is 16.1. The Labute approximate surface area is 126 Å². The summed E-state index contributed by atoms with van der Waals surface area (Å²) in [7, 11) is 0. The standard InChI is InChI=1S/C15H17ClF3NO/c16-12-5-3-11(4-6-12)7-10-20-13(21)14(15(17,18)19)8-1-2-9-14/h3-6H,1-2,7-10H2,(H,20,21). The van der Waals surface area contributed by atoms with Gasteiger partial charge in [-0.1, -0.05) is 36.6 Å². The van der Waals surface area contributed by atoms with Crippen LogP contribution in [0.25, 0.3) is 0 Å². The molecule has 6 heteroatoms. The molecule has 0 radical (unpaired) electrons. The van der Waals surface area contributed by atoms with Crippen LogP contribution >= 0.6 is 11.6 Å². The first-order chi connectivity index (χ1) is 9.85. The summed E-state index contributed by atoms with van der Waals surface area (Å²) in [5, 5.41) is 3.04. The normalized spacial score (nSPS) is 17.7. The molecule has 0 aromatic heterocycles. The van der Waals surface area contributed by atoms with Crippen LogP contribution in [0, 0.1) is 5.41 Å². The van der Waals surface area contributed by atoms with Gasteiger partial charge in [0.1, 0.15) is 5.41 Å². The third kappa shape index (κ3) is 3.51. The fourth-order valence-electron chi connectivity index (χ4n) is 2.76. The number of carbonyl (C=O) groups excluding carboxylic acids is 1. The Morgan fingerprint density at radius 3 is 2.29 bits per heavy atom. The van der Waals surface area contributed by atoms with Crippen molar-refractivity contribution in [2.45, 2.75) is 38.3 Å². The number of halogens is 4. The summed E-state index contributed by atoms with van der Waals surface area (Å²) in [6.45, 7) is 0.193. The summed E-state index contributed by atoms with van der Waals surface area (Å²) in [6, 6.07) is 7.02. The first-order valence-electron chi connectivity index (χ1n) is 6.95. The Bertz CT molecular complexity index is 493. The molecule has 2 nitrogen and oxygen atoms in total. The molecule has 2 rings (SSSR count). The van der Waals surface area contributed by atoms with Gasteiger partial charge < -0.3 is 5.32 Å². The third-order valence-corrected chi connectivity index (χ3v) is 4.30. The molecule has 0 aliphatic heterocycles. The Hall–Kier alpha value is -1.23. The second kappa shape index (κ2) is 6.26. The van der Waals surface area contributed by atoms with E-state index in [1.54, 1.807) is 24.3 Å². The molecule has 1 amide bonds. The third-order valence-electron chi connectivity index (χ3n) is 4.05. The summed E-state index contributed by atoms with van der Waals surface area (Å²) in [5.74, 6) is -0.888. The maximum absolute atomic E-state index is 13.2. The summed E-state index contributed by atoms with van der Waals surface area (Å²) in [6.07, 6.45) is -3.31. The average molecular weight is 320 g/mol. The molecule has 1 aromatic rings. The van der Waals surface area contributed by atoms with Crippen LogP contribution in [0.4, 0.5) is 13.2 Å².